The number of nitrogens with one attached hydrogen (secondary N) is 1. The summed E-state index contributed by atoms with van der Waals surface area (Å²) < 4.78 is 7.31. The predicted molar refractivity (Wildman–Crippen MR) is 118 cm³/mol. The van der Waals surface area contributed by atoms with Crippen molar-refractivity contribution in [1.29, 1.82) is 0 Å². The second-order valence-corrected chi connectivity index (χ2v) is 8.12. The third kappa shape index (κ3) is 3.91. The first-order valence-corrected chi connectivity index (χ1v) is 10.6. The van der Waals surface area contributed by atoms with Crippen molar-refractivity contribution in [2.45, 2.75) is 12.2 Å². The van der Waals surface area contributed by atoms with E-state index in [1.165, 1.54) is 0 Å². The Morgan fingerprint density at radius 2 is 2.07 bits per heavy atom. The van der Waals surface area contributed by atoms with E-state index in [4.69, 9.17) is 21.4 Å². The number of aromatic nitrogens is 2. The topological polar surface area (TPSA) is 56.1 Å². The van der Waals surface area contributed by atoms with E-state index in [0.29, 0.717) is 23.2 Å². The molecule has 0 bridgehead atoms. The van der Waals surface area contributed by atoms with Crippen LogP contribution in [0.5, 0.6) is 5.75 Å². The van der Waals surface area contributed by atoms with Gasteiger partial charge in [0.05, 0.1) is 27.4 Å². The molecule has 1 aliphatic heterocycles. The maximum absolute atomic E-state index is 12.4. The summed E-state index contributed by atoms with van der Waals surface area (Å²) in [6.45, 7) is 6.09. The standard InChI is InChI=1S/C22H20ClN3O2S/c1-3-12-28-16-10-8-15(9-11-16)21-20-14(2)25-26(18-7-5-4-6-17(18)23)22(20)24-19(27)13-29-21/h3-11,21H,1,12-13H2,2H3,(H,24,27)/t21-/m1/s1. The maximum atomic E-state index is 12.4. The molecule has 1 amide bonds. The van der Waals surface area contributed by atoms with Gasteiger partial charge < -0.3 is 10.1 Å². The van der Waals surface area contributed by atoms with E-state index in [-0.39, 0.29) is 11.2 Å². The molecule has 148 valence electrons. The summed E-state index contributed by atoms with van der Waals surface area (Å²) in [5.74, 6) is 1.75. The van der Waals surface area contributed by atoms with Crippen LogP contribution in [0.4, 0.5) is 5.82 Å². The molecule has 4 rings (SSSR count). The van der Waals surface area contributed by atoms with Gasteiger partial charge in [-0.2, -0.15) is 5.10 Å². The van der Waals surface area contributed by atoms with E-state index in [1.807, 2.05) is 55.5 Å². The average molecular weight is 426 g/mol. The van der Waals surface area contributed by atoms with E-state index in [2.05, 4.69) is 11.9 Å². The van der Waals surface area contributed by atoms with Gasteiger partial charge in [0, 0.05) is 5.56 Å². The molecule has 1 N–H and O–H groups in total. The molecular formula is C22H20ClN3O2S. The van der Waals surface area contributed by atoms with Crippen molar-refractivity contribution in [3.05, 3.63) is 83.0 Å². The van der Waals surface area contributed by atoms with Crippen molar-refractivity contribution in [2.24, 2.45) is 0 Å². The number of para-hydroxylation sites is 1. The largest absolute Gasteiger partial charge is 0.490 e. The highest BCUT2D eigenvalue weighted by molar-refractivity contribution is 8.00. The number of ether oxygens (including phenoxy) is 1. The van der Waals surface area contributed by atoms with Crippen LogP contribution in [0.1, 0.15) is 22.1 Å². The van der Waals surface area contributed by atoms with Crippen molar-refractivity contribution in [3.8, 4) is 11.4 Å². The van der Waals surface area contributed by atoms with Crippen LogP contribution in [0.25, 0.3) is 5.69 Å². The summed E-state index contributed by atoms with van der Waals surface area (Å²) in [5, 5.41) is 8.26. The Balaban J connectivity index is 1.79. The quantitative estimate of drug-likeness (QED) is 0.572. The lowest BCUT2D eigenvalue weighted by Crippen LogP contribution is -2.16. The molecule has 0 saturated heterocycles. The molecule has 5 nitrogen and oxygen atoms in total. The van der Waals surface area contributed by atoms with Crippen LogP contribution in [0.2, 0.25) is 5.02 Å². The number of thioether (sulfide) groups is 1. The number of hydrogen-bond donors (Lipinski definition) is 1. The lowest BCUT2D eigenvalue weighted by molar-refractivity contribution is -0.113. The van der Waals surface area contributed by atoms with Gasteiger partial charge in [-0.3, -0.25) is 4.79 Å². The van der Waals surface area contributed by atoms with Gasteiger partial charge in [-0.05, 0) is 36.8 Å². The Kier molecular flexibility index (Phi) is 5.65. The van der Waals surface area contributed by atoms with Crippen LogP contribution in [0.3, 0.4) is 0 Å². The van der Waals surface area contributed by atoms with Crippen LogP contribution in [-0.4, -0.2) is 28.0 Å². The number of fused-ring (bicyclic) bond motifs is 1. The van der Waals surface area contributed by atoms with Crippen LogP contribution in [0, 0.1) is 6.92 Å². The Hall–Kier alpha value is -2.70. The molecule has 2 aromatic carbocycles. The third-order valence-electron chi connectivity index (χ3n) is 4.64. The van der Waals surface area contributed by atoms with E-state index in [9.17, 15) is 4.79 Å². The molecule has 1 aromatic heterocycles. The van der Waals surface area contributed by atoms with Crippen LogP contribution in [0.15, 0.2) is 61.2 Å². The molecule has 1 aliphatic rings. The highest BCUT2D eigenvalue weighted by atomic mass is 35.5. The summed E-state index contributed by atoms with van der Waals surface area (Å²) in [4.78, 5) is 12.4. The fourth-order valence-electron chi connectivity index (χ4n) is 3.34. The number of rotatable bonds is 5. The van der Waals surface area contributed by atoms with Gasteiger partial charge in [-0.1, -0.05) is 48.5 Å². The second-order valence-electron chi connectivity index (χ2n) is 6.62. The lowest BCUT2D eigenvalue weighted by Gasteiger charge is -2.16. The highest BCUT2D eigenvalue weighted by Gasteiger charge is 2.30. The Bertz CT molecular complexity index is 1060. The molecule has 0 spiro atoms. The molecule has 2 heterocycles. The van der Waals surface area contributed by atoms with Crippen molar-refractivity contribution < 1.29 is 9.53 Å². The highest BCUT2D eigenvalue weighted by Crippen LogP contribution is 2.44. The Labute approximate surface area is 178 Å². The van der Waals surface area contributed by atoms with Crippen LogP contribution >= 0.6 is 23.4 Å². The molecule has 29 heavy (non-hydrogen) atoms. The summed E-state index contributed by atoms with van der Waals surface area (Å²) in [6.07, 6.45) is 1.71. The van der Waals surface area contributed by atoms with Gasteiger partial charge in [-0.25, -0.2) is 4.68 Å². The minimum Gasteiger partial charge on any atom is -0.490 e. The lowest BCUT2D eigenvalue weighted by atomic mass is 10.0. The molecule has 0 radical (unpaired) electrons. The summed E-state index contributed by atoms with van der Waals surface area (Å²) in [5.41, 5.74) is 3.66. The predicted octanol–water partition coefficient (Wildman–Crippen LogP) is 5.17. The summed E-state index contributed by atoms with van der Waals surface area (Å²) in [6, 6.07) is 15.4. The van der Waals surface area contributed by atoms with E-state index in [1.54, 1.807) is 22.5 Å². The number of carbonyl (C=O) groups excluding carboxylic acids is 1. The zero-order chi connectivity index (χ0) is 20.4. The van der Waals surface area contributed by atoms with Crippen molar-refractivity contribution in [1.82, 2.24) is 9.78 Å². The van der Waals surface area contributed by atoms with E-state index >= 15 is 0 Å². The van der Waals surface area contributed by atoms with Crippen LogP contribution in [-0.2, 0) is 4.79 Å². The van der Waals surface area contributed by atoms with Crippen molar-refractivity contribution in [3.63, 3.8) is 0 Å². The first kappa shape index (κ1) is 19.6. The first-order chi connectivity index (χ1) is 14.1. The molecular weight excluding hydrogens is 406 g/mol. The number of benzene rings is 2. The fourth-order valence-corrected chi connectivity index (χ4v) is 4.74. The van der Waals surface area contributed by atoms with Crippen molar-refractivity contribution >= 4 is 35.1 Å². The zero-order valence-electron chi connectivity index (χ0n) is 15.9. The number of carbonyl (C=O) groups is 1. The monoisotopic (exact) mass is 425 g/mol. The van der Waals surface area contributed by atoms with Crippen LogP contribution < -0.4 is 10.1 Å². The number of halogens is 1. The summed E-state index contributed by atoms with van der Waals surface area (Å²) in [7, 11) is 0. The molecule has 0 saturated carbocycles. The minimum absolute atomic E-state index is 0.0337. The smallest absolute Gasteiger partial charge is 0.235 e. The number of amides is 1. The van der Waals surface area contributed by atoms with Gasteiger partial charge in [0.15, 0.2) is 0 Å². The summed E-state index contributed by atoms with van der Waals surface area (Å²) >= 11 is 7.98. The van der Waals surface area contributed by atoms with Gasteiger partial charge in [-0.15, -0.1) is 11.8 Å². The molecule has 3 aromatic rings. The normalized spacial score (nSPS) is 15.9. The van der Waals surface area contributed by atoms with Gasteiger partial charge in [0.1, 0.15) is 18.2 Å². The number of anilines is 1. The zero-order valence-corrected chi connectivity index (χ0v) is 17.5. The third-order valence-corrected chi connectivity index (χ3v) is 6.23. The van der Waals surface area contributed by atoms with E-state index < -0.39 is 0 Å². The number of hydrogen-bond acceptors (Lipinski definition) is 4. The molecule has 1 atom stereocenters. The van der Waals surface area contributed by atoms with Gasteiger partial charge in [0.25, 0.3) is 0 Å². The minimum atomic E-state index is -0.0575. The fraction of sp³-hybridized carbons (Fsp3) is 0.182. The Morgan fingerprint density at radius 3 is 2.79 bits per heavy atom. The number of nitrogens with zero attached hydrogens (tertiary/aromatic N) is 2. The molecule has 0 unspecified atom stereocenters. The second kappa shape index (κ2) is 8.35. The van der Waals surface area contributed by atoms with Gasteiger partial charge in [0.2, 0.25) is 5.91 Å². The number of aryl methyl sites for hydroxylation is 1. The Morgan fingerprint density at radius 1 is 1.31 bits per heavy atom. The molecule has 0 fully saturated rings. The van der Waals surface area contributed by atoms with Crippen molar-refractivity contribution in [2.75, 3.05) is 17.7 Å². The van der Waals surface area contributed by atoms with E-state index in [0.717, 1.165) is 28.3 Å². The average Bonchev–Trinajstić information content (AvgIpc) is 2.92. The molecule has 7 heteroatoms. The maximum Gasteiger partial charge on any atom is 0.235 e. The first-order valence-electron chi connectivity index (χ1n) is 9.18. The molecule has 0 aliphatic carbocycles. The van der Waals surface area contributed by atoms with Gasteiger partial charge >= 0.3 is 0 Å². The SMILES string of the molecule is C=CCOc1ccc([C@H]2SCC(=O)Nc3c2c(C)nn3-c2ccccc2Cl)cc1.